The molecule has 8 unspecified atom stereocenters. The molecule has 13 nitrogen and oxygen atoms in total. The van der Waals surface area contributed by atoms with Crippen molar-refractivity contribution >= 4 is 0 Å². The second-order valence-electron chi connectivity index (χ2n) is 6.17. The average Bonchev–Trinajstić information content (AvgIpc) is 2.62. The summed E-state index contributed by atoms with van der Waals surface area (Å²) >= 11 is 0. The highest BCUT2D eigenvalue weighted by Crippen LogP contribution is 2.17. The maximum absolute atomic E-state index is 10.1. The Kier molecular flexibility index (Phi) is 12.0. The van der Waals surface area contributed by atoms with Crippen molar-refractivity contribution in [1.29, 1.82) is 0 Å². The fourth-order valence-electron chi connectivity index (χ4n) is 1.99. The van der Waals surface area contributed by atoms with Gasteiger partial charge in [0.2, 0.25) is 6.29 Å². The Bertz CT molecular complexity index is 465. The summed E-state index contributed by atoms with van der Waals surface area (Å²) in [5.41, 5.74) is 0. The van der Waals surface area contributed by atoms with Crippen LogP contribution in [0.15, 0.2) is 11.5 Å². The number of aliphatic hydroxyl groups is 11. The van der Waals surface area contributed by atoms with Crippen LogP contribution in [0.4, 0.5) is 0 Å². The lowest BCUT2D eigenvalue weighted by Gasteiger charge is -2.31. The van der Waals surface area contributed by atoms with E-state index in [-0.39, 0.29) is 0 Å². The predicted octanol–water partition coefficient (Wildman–Crippen LogP) is -4.10. The summed E-state index contributed by atoms with van der Waals surface area (Å²) in [5, 5.41) is 104. The van der Waals surface area contributed by atoms with Gasteiger partial charge in [0.1, 0.15) is 30.2 Å². The lowest BCUT2D eigenvalue weighted by Crippen LogP contribution is -2.49. The molecule has 168 valence electrons. The first-order valence-corrected chi connectivity index (χ1v) is 8.29. The molecule has 0 amide bonds. The van der Waals surface area contributed by atoms with Gasteiger partial charge in [0, 0.05) is 0 Å². The zero-order valence-electron chi connectivity index (χ0n) is 15.3. The van der Waals surface area contributed by atoms with E-state index in [0.717, 1.165) is 13.8 Å². The van der Waals surface area contributed by atoms with E-state index in [9.17, 15) is 35.7 Å². The van der Waals surface area contributed by atoms with Gasteiger partial charge in [-0.25, -0.2) is 0 Å². The zero-order chi connectivity index (χ0) is 22.2. The molecule has 11 N–H and O–H groups in total. The molecule has 0 aromatic heterocycles. The Balaban J connectivity index is 4.89. The molecule has 0 heterocycles. The highest BCUT2D eigenvalue weighted by molar-refractivity contribution is 4.98. The second-order valence-corrected chi connectivity index (χ2v) is 6.17. The number of hydrogen-bond donors (Lipinski definition) is 11. The summed E-state index contributed by atoms with van der Waals surface area (Å²) in [5.74, 6) is -1.77. The van der Waals surface area contributed by atoms with E-state index in [2.05, 4.69) is 0 Å². The Morgan fingerprint density at radius 1 is 0.821 bits per heavy atom. The SMILES string of the molecule is C/C(O)=C(/O)C(O)OC(C(O)CCOC(O)C(O)C(O)C(C)O)C(O)C(O)O. The molecular weight excluding hydrogens is 388 g/mol. The van der Waals surface area contributed by atoms with Crippen LogP contribution >= 0.6 is 0 Å². The fraction of sp³-hybridized carbons (Fsp3) is 0.867. The van der Waals surface area contributed by atoms with Gasteiger partial charge in [-0.3, -0.25) is 0 Å². The van der Waals surface area contributed by atoms with Crippen LogP contribution in [-0.4, -0.2) is 118 Å². The molecule has 0 saturated heterocycles. The molecule has 0 aliphatic heterocycles. The minimum atomic E-state index is -2.40. The summed E-state index contributed by atoms with van der Waals surface area (Å²) in [6.07, 6.45) is -17.7. The molecule has 8 atom stereocenters. The van der Waals surface area contributed by atoms with Gasteiger partial charge in [0.15, 0.2) is 18.3 Å². The molecule has 0 aliphatic carbocycles. The van der Waals surface area contributed by atoms with Gasteiger partial charge < -0.3 is 65.6 Å². The second kappa shape index (κ2) is 12.5. The molecule has 28 heavy (non-hydrogen) atoms. The summed E-state index contributed by atoms with van der Waals surface area (Å²) in [4.78, 5) is 0. The van der Waals surface area contributed by atoms with Crippen molar-refractivity contribution in [1.82, 2.24) is 0 Å². The monoisotopic (exact) mass is 418 g/mol. The minimum absolute atomic E-state index is 0.446. The summed E-state index contributed by atoms with van der Waals surface area (Å²) < 4.78 is 9.54. The highest BCUT2D eigenvalue weighted by atomic mass is 16.6. The van der Waals surface area contributed by atoms with E-state index < -0.39 is 80.0 Å². The van der Waals surface area contributed by atoms with Gasteiger partial charge in [0.05, 0.1) is 18.8 Å². The normalized spacial score (nSPS) is 22.0. The van der Waals surface area contributed by atoms with Crippen molar-refractivity contribution in [3.05, 3.63) is 11.5 Å². The molecule has 13 heteroatoms. The van der Waals surface area contributed by atoms with Gasteiger partial charge in [0.25, 0.3) is 0 Å². The van der Waals surface area contributed by atoms with E-state index >= 15 is 0 Å². The standard InChI is InChI=1S/C15H30O13/c1-5(16)8(19)10(21)14(25)27-4-3-7(18)12(11(22)13(23)24)28-15(26)9(20)6(2)17/h5,7-8,10-26H,3-4H2,1-2H3/b9-6-. The van der Waals surface area contributed by atoms with Crippen molar-refractivity contribution in [3.63, 3.8) is 0 Å². The molecule has 0 aliphatic rings. The first-order chi connectivity index (χ1) is 12.8. The van der Waals surface area contributed by atoms with E-state index in [1.807, 2.05) is 0 Å². The van der Waals surface area contributed by atoms with Gasteiger partial charge in [-0.05, 0) is 20.3 Å². The maximum Gasteiger partial charge on any atom is 0.217 e. The van der Waals surface area contributed by atoms with Gasteiger partial charge in [-0.1, -0.05) is 0 Å². The average molecular weight is 418 g/mol. The minimum Gasteiger partial charge on any atom is -0.509 e. The van der Waals surface area contributed by atoms with Crippen molar-refractivity contribution in [2.75, 3.05) is 6.61 Å². The van der Waals surface area contributed by atoms with Crippen molar-refractivity contribution in [2.45, 2.75) is 75.8 Å². The molecule has 0 fully saturated rings. The fourth-order valence-corrected chi connectivity index (χ4v) is 1.99. The van der Waals surface area contributed by atoms with Crippen LogP contribution in [-0.2, 0) is 9.47 Å². The van der Waals surface area contributed by atoms with Crippen LogP contribution in [0.3, 0.4) is 0 Å². The molecule has 0 spiro atoms. The van der Waals surface area contributed by atoms with E-state index in [1.165, 1.54) is 0 Å². The largest absolute Gasteiger partial charge is 0.509 e. The Morgan fingerprint density at radius 2 is 1.36 bits per heavy atom. The highest BCUT2D eigenvalue weighted by Gasteiger charge is 2.35. The smallest absolute Gasteiger partial charge is 0.217 e. The van der Waals surface area contributed by atoms with Crippen molar-refractivity contribution < 1.29 is 65.6 Å². The number of hydrogen-bond acceptors (Lipinski definition) is 13. The number of rotatable bonds is 13. The zero-order valence-corrected chi connectivity index (χ0v) is 15.3. The Morgan fingerprint density at radius 3 is 1.79 bits per heavy atom. The Labute approximate surface area is 160 Å². The van der Waals surface area contributed by atoms with Crippen LogP contribution in [0.2, 0.25) is 0 Å². The van der Waals surface area contributed by atoms with Crippen LogP contribution in [0.1, 0.15) is 20.3 Å². The third-order valence-corrected chi connectivity index (χ3v) is 3.75. The van der Waals surface area contributed by atoms with Crippen LogP contribution in [0.25, 0.3) is 0 Å². The molecule has 0 radical (unpaired) electrons. The molecule has 0 aromatic carbocycles. The predicted molar refractivity (Wildman–Crippen MR) is 89.3 cm³/mol. The van der Waals surface area contributed by atoms with E-state index in [1.54, 1.807) is 0 Å². The quantitative estimate of drug-likeness (QED) is 0.101. The molecule has 0 bridgehead atoms. The van der Waals surface area contributed by atoms with Crippen molar-refractivity contribution in [2.24, 2.45) is 0 Å². The van der Waals surface area contributed by atoms with Crippen LogP contribution in [0.5, 0.6) is 0 Å². The maximum atomic E-state index is 10.1. The lowest BCUT2D eigenvalue weighted by molar-refractivity contribution is -0.238. The molecule has 0 aromatic rings. The third kappa shape index (κ3) is 8.50. The van der Waals surface area contributed by atoms with Gasteiger partial charge in [-0.15, -0.1) is 0 Å². The van der Waals surface area contributed by atoms with Gasteiger partial charge in [-0.2, -0.15) is 0 Å². The van der Waals surface area contributed by atoms with Crippen molar-refractivity contribution in [3.8, 4) is 0 Å². The third-order valence-electron chi connectivity index (χ3n) is 3.75. The van der Waals surface area contributed by atoms with Crippen LogP contribution in [0, 0.1) is 0 Å². The topological polar surface area (TPSA) is 241 Å². The number of aliphatic hydroxyl groups excluding tert-OH is 10. The summed E-state index contributed by atoms with van der Waals surface area (Å²) in [6.45, 7) is 1.67. The number of allylic oxidation sites excluding steroid dienone is 1. The molecular formula is C15H30O13. The lowest BCUT2D eigenvalue weighted by atomic mass is 10.0. The van der Waals surface area contributed by atoms with E-state index in [4.69, 9.17) is 29.9 Å². The van der Waals surface area contributed by atoms with E-state index in [0.29, 0.717) is 0 Å². The first-order valence-electron chi connectivity index (χ1n) is 8.29. The Hall–Kier alpha value is -1.10. The summed E-state index contributed by atoms with van der Waals surface area (Å²) in [7, 11) is 0. The van der Waals surface area contributed by atoms with Gasteiger partial charge >= 0.3 is 0 Å². The molecule has 0 saturated carbocycles. The first kappa shape index (κ1) is 26.9. The molecule has 0 rings (SSSR count). The number of ether oxygens (including phenoxy) is 2. The summed E-state index contributed by atoms with van der Waals surface area (Å²) in [6, 6.07) is 0. The van der Waals surface area contributed by atoms with Crippen LogP contribution < -0.4 is 0 Å².